The van der Waals surface area contributed by atoms with Crippen LogP contribution >= 0.6 is 0 Å². The van der Waals surface area contributed by atoms with Crippen molar-refractivity contribution in [3.05, 3.63) is 95.3 Å². The lowest BCUT2D eigenvalue weighted by Gasteiger charge is -2.34. The van der Waals surface area contributed by atoms with E-state index in [0.29, 0.717) is 55.8 Å². The third kappa shape index (κ3) is 5.02. The van der Waals surface area contributed by atoms with Crippen LogP contribution in [-0.4, -0.2) is 52.8 Å². The van der Waals surface area contributed by atoms with Gasteiger partial charge in [0.1, 0.15) is 23.8 Å². The van der Waals surface area contributed by atoms with E-state index in [1.165, 1.54) is 11.8 Å². The van der Waals surface area contributed by atoms with Crippen LogP contribution in [0.25, 0.3) is 11.5 Å². The summed E-state index contributed by atoms with van der Waals surface area (Å²) in [4.78, 5) is 33.5. The molecule has 0 saturated carbocycles. The zero-order valence-corrected chi connectivity index (χ0v) is 20.3. The van der Waals surface area contributed by atoms with Crippen molar-refractivity contribution < 1.29 is 23.2 Å². The minimum atomic E-state index is -0.152. The average Bonchev–Trinajstić information content (AvgIpc) is 3.58. The van der Waals surface area contributed by atoms with Crippen molar-refractivity contribution in [2.75, 3.05) is 26.2 Å². The summed E-state index contributed by atoms with van der Waals surface area (Å²) in [7, 11) is 0. The highest BCUT2D eigenvalue weighted by Gasteiger charge is 2.26. The second kappa shape index (κ2) is 10.1. The number of benzene rings is 2. The molecule has 5 rings (SSSR count). The summed E-state index contributed by atoms with van der Waals surface area (Å²) < 4.78 is 16.9. The number of hydrogen-bond donors (Lipinski definition) is 0. The standard InChI is InChI=1S/C28H27N3O5/c1-19-5-11-23(12-6-19)35-18-24-20(2)36-26(29-24)21-7-9-22(10-8-21)27(32)30-13-15-31(16-14-30)28(33)25-4-3-17-34-25/h3-12,17H,13-16,18H2,1-2H3. The van der Waals surface area contributed by atoms with E-state index in [1.54, 1.807) is 34.1 Å². The maximum Gasteiger partial charge on any atom is 0.289 e. The van der Waals surface area contributed by atoms with Crippen LogP contribution in [0, 0.1) is 13.8 Å². The van der Waals surface area contributed by atoms with Gasteiger partial charge >= 0.3 is 0 Å². The highest BCUT2D eigenvalue weighted by molar-refractivity contribution is 5.95. The van der Waals surface area contributed by atoms with E-state index in [1.807, 2.05) is 50.2 Å². The van der Waals surface area contributed by atoms with Gasteiger partial charge in [0.25, 0.3) is 11.8 Å². The van der Waals surface area contributed by atoms with Gasteiger partial charge in [-0.1, -0.05) is 17.7 Å². The molecule has 3 heterocycles. The van der Waals surface area contributed by atoms with Crippen molar-refractivity contribution in [3.8, 4) is 17.2 Å². The number of carbonyl (C=O) groups is 2. The predicted octanol–water partition coefficient (Wildman–Crippen LogP) is 4.73. The zero-order chi connectivity index (χ0) is 25.1. The second-order valence-electron chi connectivity index (χ2n) is 8.76. The van der Waals surface area contributed by atoms with E-state index < -0.39 is 0 Å². The number of rotatable bonds is 6. The fraction of sp³-hybridized carbons (Fsp3) is 0.250. The predicted molar refractivity (Wildman–Crippen MR) is 133 cm³/mol. The Balaban J connectivity index is 1.19. The topological polar surface area (TPSA) is 89.0 Å². The Hall–Kier alpha value is -4.33. The molecule has 1 saturated heterocycles. The fourth-order valence-corrected chi connectivity index (χ4v) is 4.08. The number of furan rings is 1. The third-order valence-corrected chi connectivity index (χ3v) is 6.25. The van der Waals surface area contributed by atoms with Gasteiger partial charge in [0.2, 0.25) is 5.89 Å². The van der Waals surface area contributed by atoms with Gasteiger partial charge in [-0.3, -0.25) is 9.59 Å². The number of amides is 2. The summed E-state index contributed by atoms with van der Waals surface area (Å²) in [6.45, 7) is 6.07. The first-order valence-corrected chi connectivity index (χ1v) is 11.9. The lowest BCUT2D eigenvalue weighted by atomic mass is 10.1. The Kier molecular flexibility index (Phi) is 6.58. The molecule has 2 aromatic heterocycles. The SMILES string of the molecule is Cc1ccc(OCc2nc(-c3ccc(C(=O)N4CCN(C(=O)c5ccco5)CC4)cc3)oc2C)cc1. The van der Waals surface area contributed by atoms with Gasteiger partial charge in [-0.15, -0.1) is 0 Å². The monoisotopic (exact) mass is 485 g/mol. The summed E-state index contributed by atoms with van der Waals surface area (Å²) in [6, 6.07) is 18.4. The number of aryl methyl sites for hydroxylation is 2. The molecule has 0 bridgehead atoms. The molecular formula is C28H27N3O5. The molecule has 0 aliphatic carbocycles. The molecule has 8 heteroatoms. The van der Waals surface area contributed by atoms with E-state index >= 15 is 0 Å². The van der Waals surface area contributed by atoms with Crippen LogP contribution in [0.5, 0.6) is 5.75 Å². The van der Waals surface area contributed by atoms with Gasteiger partial charge in [0.05, 0.1) is 6.26 Å². The molecule has 4 aromatic rings. The summed E-state index contributed by atoms with van der Waals surface area (Å²) in [5.41, 5.74) is 3.26. The number of oxazole rings is 1. The Labute approximate surface area is 209 Å². The number of piperazine rings is 1. The van der Waals surface area contributed by atoms with Crippen molar-refractivity contribution in [1.82, 2.24) is 14.8 Å². The molecule has 0 radical (unpaired) electrons. The van der Waals surface area contributed by atoms with Gasteiger partial charge in [-0.2, -0.15) is 0 Å². The van der Waals surface area contributed by atoms with Crippen LogP contribution < -0.4 is 4.74 Å². The lowest BCUT2D eigenvalue weighted by molar-refractivity contribution is 0.0518. The van der Waals surface area contributed by atoms with Crippen LogP contribution in [0.15, 0.2) is 75.8 Å². The fourth-order valence-electron chi connectivity index (χ4n) is 4.08. The number of hydrogen-bond acceptors (Lipinski definition) is 6. The minimum absolute atomic E-state index is 0.0672. The number of ether oxygens (including phenoxy) is 1. The molecule has 1 fully saturated rings. The highest BCUT2D eigenvalue weighted by atomic mass is 16.5. The number of carbonyl (C=O) groups excluding carboxylic acids is 2. The van der Waals surface area contributed by atoms with E-state index in [9.17, 15) is 9.59 Å². The Morgan fingerprint density at radius 2 is 1.56 bits per heavy atom. The van der Waals surface area contributed by atoms with Crippen LogP contribution in [0.3, 0.4) is 0 Å². The van der Waals surface area contributed by atoms with Crippen molar-refractivity contribution >= 4 is 11.8 Å². The maximum absolute atomic E-state index is 13.0. The molecule has 0 N–H and O–H groups in total. The molecule has 1 aliphatic heterocycles. The van der Waals surface area contributed by atoms with Crippen molar-refractivity contribution in [3.63, 3.8) is 0 Å². The smallest absolute Gasteiger partial charge is 0.289 e. The molecular weight excluding hydrogens is 458 g/mol. The first-order valence-electron chi connectivity index (χ1n) is 11.9. The van der Waals surface area contributed by atoms with E-state index in [2.05, 4.69) is 4.98 Å². The van der Waals surface area contributed by atoms with Crippen LogP contribution in [-0.2, 0) is 6.61 Å². The first kappa shape index (κ1) is 23.4. The molecule has 1 aliphatic rings. The van der Waals surface area contributed by atoms with Crippen molar-refractivity contribution in [1.29, 1.82) is 0 Å². The van der Waals surface area contributed by atoms with E-state index in [4.69, 9.17) is 13.6 Å². The average molecular weight is 486 g/mol. The van der Waals surface area contributed by atoms with Gasteiger partial charge in [0, 0.05) is 37.3 Å². The summed E-state index contributed by atoms with van der Waals surface area (Å²) in [5, 5.41) is 0. The molecule has 2 aromatic carbocycles. The van der Waals surface area contributed by atoms with Gasteiger partial charge in [-0.05, 0) is 62.4 Å². The largest absolute Gasteiger partial charge is 0.487 e. The first-order chi connectivity index (χ1) is 17.5. The second-order valence-corrected chi connectivity index (χ2v) is 8.76. The van der Waals surface area contributed by atoms with Crippen LogP contribution in [0.2, 0.25) is 0 Å². The number of nitrogens with zero attached hydrogens (tertiary/aromatic N) is 3. The Morgan fingerprint density at radius 3 is 2.19 bits per heavy atom. The minimum Gasteiger partial charge on any atom is -0.487 e. The molecule has 0 unspecified atom stereocenters. The molecule has 0 atom stereocenters. The van der Waals surface area contributed by atoms with Gasteiger partial charge in [0.15, 0.2) is 5.76 Å². The third-order valence-electron chi connectivity index (χ3n) is 6.25. The molecule has 36 heavy (non-hydrogen) atoms. The summed E-state index contributed by atoms with van der Waals surface area (Å²) in [6.07, 6.45) is 1.48. The van der Waals surface area contributed by atoms with Gasteiger partial charge in [-0.25, -0.2) is 4.98 Å². The lowest BCUT2D eigenvalue weighted by Crippen LogP contribution is -2.50. The molecule has 0 spiro atoms. The molecule has 184 valence electrons. The molecule has 8 nitrogen and oxygen atoms in total. The Bertz CT molecular complexity index is 1330. The van der Waals surface area contributed by atoms with Gasteiger partial charge < -0.3 is 23.4 Å². The van der Waals surface area contributed by atoms with Crippen molar-refractivity contribution in [2.45, 2.75) is 20.5 Å². The number of aromatic nitrogens is 1. The summed E-state index contributed by atoms with van der Waals surface area (Å²) in [5.74, 6) is 2.05. The maximum atomic E-state index is 13.0. The van der Waals surface area contributed by atoms with Crippen LogP contribution in [0.4, 0.5) is 0 Å². The highest BCUT2D eigenvalue weighted by Crippen LogP contribution is 2.24. The van der Waals surface area contributed by atoms with Crippen molar-refractivity contribution in [2.24, 2.45) is 0 Å². The van der Waals surface area contributed by atoms with E-state index in [0.717, 1.165) is 17.0 Å². The van der Waals surface area contributed by atoms with E-state index in [-0.39, 0.29) is 11.8 Å². The zero-order valence-electron chi connectivity index (χ0n) is 20.3. The quantitative estimate of drug-likeness (QED) is 0.392. The molecule has 2 amide bonds. The normalized spacial score (nSPS) is 13.6. The summed E-state index contributed by atoms with van der Waals surface area (Å²) >= 11 is 0. The Morgan fingerprint density at radius 1 is 0.889 bits per heavy atom. The van der Waals surface area contributed by atoms with Crippen LogP contribution in [0.1, 0.15) is 37.9 Å².